The van der Waals surface area contributed by atoms with Gasteiger partial charge >= 0.3 is 5.97 Å². The quantitative estimate of drug-likeness (QED) is 0.452. The van der Waals surface area contributed by atoms with Crippen LogP contribution in [0.1, 0.15) is 37.4 Å². The van der Waals surface area contributed by atoms with Crippen molar-refractivity contribution in [1.82, 2.24) is 4.57 Å². The average molecular weight is 517 g/mol. The lowest BCUT2D eigenvalue weighted by atomic mass is 9.96. The molecule has 9 heteroatoms. The summed E-state index contributed by atoms with van der Waals surface area (Å²) in [5.41, 5.74) is 1.94. The highest BCUT2D eigenvalue weighted by atomic mass is 35.5. The predicted octanol–water partition coefficient (Wildman–Crippen LogP) is 4.50. The molecule has 1 aliphatic rings. The summed E-state index contributed by atoms with van der Waals surface area (Å²) < 4.78 is 12.7. The second kappa shape index (κ2) is 10.2. The molecule has 0 saturated heterocycles. The molecule has 34 heavy (non-hydrogen) atoms. The Hall–Kier alpha value is -2.87. The van der Waals surface area contributed by atoms with Crippen molar-refractivity contribution < 1.29 is 14.3 Å². The molecule has 176 valence electrons. The highest BCUT2D eigenvalue weighted by Crippen LogP contribution is 2.31. The molecule has 0 amide bonds. The molecule has 3 aromatic rings. The Labute approximate surface area is 210 Å². The Morgan fingerprint density at radius 3 is 2.59 bits per heavy atom. The molecule has 0 N–H and O–H groups in total. The van der Waals surface area contributed by atoms with Crippen molar-refractivity contribution in [3.8, 4) is 5.75 Å². The number of carbonyl (C=O) groups is 1. The van der Waals surface area contributed by atoms with E-state index in [1.165, 1.54) is 23.0 Å². The number of hydrogen-bond acceptors (Lipinski definition) is 6. The summed E-state index contributed by atoms with van der Waals surface area (Å²) in [6.07, 6.45) is 2.60. The van der Waals surface area contributed by atoms with Gasteiger partial charge in [-0.05, 0) is 54.8 Å². The van der Waals surface area contributed by atoms with Crippen molar-refractivity contribution >= 4 is 46.6 Å². The van der Waals surface area contributed by atoms with Crippen LogP contribution in [0.3, 0.4) is 0 Å². The summed E-state index contributed by atoms with van der Waals surface area (Å²) in [5.74, 6) is 0.184. The number of thiazole rings is 1. The van der Waals surface area contributed by atoms with E-state index in [2.05, 4.69) is 4.99 Å². The number of carbonyl (C=O) groups excluding carboxylic acids is 1. The summed E-state index contributed by atoms with van der Waals surface area (Å²) in [7, 11) is 1.31. The minimum absolute atomic E-state index is 0.278. The lowest BCUT2D eigenvalue weighted by molar-refractivity contribution is -0.136. The van der Waals surface area contributed by atoms with Gasteiger partial charge in [0, 0.05) is 10.0 Å². The van der Waals surface area contributed by atoms with Crippen LogP contribution in [-0.2, 0) is 9.53 Å². The van der Waals surface area contributed by atoms with E-state index in [0.717, 1.165) is 17.7 Å². The summed E-state index contributed by atoms with van der Waals surface area (Å²) >= 11 is 13.5. The molecule has 1 aliphatic heterocycles. The van der Waals surface area contributed by atoms with Gasteiger partial charge in [0.15, 0.2) is 4.80 Å². The zero-order valence-electron chi connectivity index (χ0n) is 18.8. The molecule has 1 unspecified atom stereocenters. The van der Waals surface area contributed by atoms with E-state index in [-0.39, 0.29) is 5.56 Å². The van der Waals surface area contributed by atoms with E-state index in [1.807, 2.05) is 31.2 Å². The normalized spacial score (nSPS) is 15.7. The second-order valence-corrected chi connectivity index (χ2v) is 9.51. The number of methoxy groups -OCH3 is 1. The van der Waals surface area contributed by atoms with Gasteiger partial charge in [-0.1, -0.05) is 59.7 Å². The van der Waals surface area contributed by atoms with Gasteiger partial charge in [0.2, 0.25) is 0 Å². The lowest BCUT2D eigenvalue weighted by Crippen LogP contribution is -2.39. The van der Waals surface area contributed by atoms with Crippen LogP contribution in [-0.4, -0.2) is 24.3 Å². The molecule has 2 aromatic carbocycles. The molecule has 0 spiro atoms. The average Bonchev–Trinajstić information content (AvgIpc) is 3.13. The minimum atomic E-state index is -0.688. The van der Waals surface area contributed by atoms with Gasteiger partial charge in [0.25, 0.3) is 5.56 Å². The fraction of sp³-hybridized carbons (Fsp3) is 0.240. The summed E-state index contributed by atoms with van der Waals surface area (Å²) in [6.45, 7) is 4.38. The number of nitrogens with zero attached hydrogens (tertiary/aromatic N) is 2. The van der Waals surface area contributed by atoms with Crippen molar-refractivity contribution in [2.45, 2.75) is 26.3 Å². The number of allylic oxidation sites excluding steroid dienone is 1. The van der Waals surface area contributed by atoms with Crippen LogP contribution in [0.2, 0.25) is 10.0 Å². The van der Waals surface area contributed by atoms with E-state index in [1.54, 1.807) is 31.2 Å². The predicted molar refractivity (Wildman–Crippen MR) is 134 cm³/mol. The van der Waals surface area contributed by atoms with E-state index in [0.29, 0.717) is 42.8 Å². The number of halogens is 2. The van der Waals surface area contributed by atoms with Gasteiger partial charge in [0.05, 0.1) is 35.6 Å². The third-order valence-electron chi connectivity index (χ3n) is 5.34. The minimum Gasteiger partial charge on any atom is -0.494 e. The zero-order chi connectivity index (χ0) is 24.4. The number of aromatic nitrogens is 1. The van der Waals surface area contributed by atoms with Gasteiger partial charge in [0.1, 0.15) is 5.75 Å². The second-order valence-electron chi connectivity index (χ2n) is 7.66. The lowest BCUT2D eigenvalue weighted by Gasteiger charge is -2.24. The summed E-state index contributed by atoms with van der Waals surface area (Å²) in [5, 5.41) is 0.942. The Balaban J connectivity index is 1.89. The van der Waals surface area contributed by atoms with E-state index in [9.17, 15) is 9.59 Å². The largest absolute Gasteiger partial charge is 0.494 e. The molecule has 0 radical (unpaired) electrons. The summed E-state index contributed by atoms with van der Waals surface area (Å²) in [4.78, 5) is 31.4. The van der Waals surface area contributed by atoms with Gasteiger partial charge in [-0.2, -0.15) is 0 Å². The molecular weight excluding hydrogens is 495 g/mol. The standard InChI is InChI=1S/C25H22Cl2N2O4S/c1-4-11-33-18-9-6-15(7-10-18)22-21(24(31)32-3)14(2)28-25-29(22)23(30)20(34-25)12-16-5-8-17(26)13-19(16)27/h5-10,12-13,22H,4,11H2,1-3H3. The van der Waals surface area contributed by atoms with Gasteiger partial charge in [-0.25, -0.2) is 9.79 Å². The number of esters is 1. The molecule has 4 rings (SSSR count). The first-order valence-electron chi connectivity index (χ1n) is 10.6. The van der Waals surface area contributed by atoms with Crippen LogP contribution < -0.4 is 19.6 Å². The van der Waals surface area contributed by atoms with Crippen LogP contribution in [0.15, 0.2) is 63.5 Å². The van der Waals surface area contributed by atoms with Gasteiger partial charge in [-0.3, -0.25) is 9.36 Å². The van der Waals surface area contributed by atoms with Crippen molar-refractivity contribution in [1.29, 1.82) is 0 Å². The topological polar surface area (TPSA) is 69.9 Å². The molecule has 0 bridgehead atoms. The Bertz CT molecular complexity index is 1460. The van der Waals surface area contributed by atoms with Crippen molar-refractivity contribution in [3.05, 3.63) is 94.6 Å². The zero-order valence-corrected chi connectivity index (χ0v) is 21.1. The van der Waals surface area contributed by atoms with E-state index in [4.69, 9.17) is 32.7 Å². The first-order valence-corrected chi connectivity index (χ1v) is 12.2. The molecule has 2 heterocycles. The molecule has 6 nitrogen and oxygen atoms in total. The summed E-state index contributed by atoms with van der Waals surface area (Å²) in [6, 6.07) is 11.8. The Kier molecular flexibility index (Phi) is 7.26. The van der Waals surface area contributed by atoms with Crippen LogP contribution in [0, 0.1) is 0 Å². The Morgan fingerprint density at radius 1 is 1.21 bits per heavy atom. The van der Waals surface area contributed by atoms with Crippen LogP contribution >= 0.6 is 34.5 Å². The molecule has 0 aliphatic carbocycles. The first-order chi connectivity index (χ1) is 16.3. The molecule has 0 fully saturated rings. The van der Waals surface area contributed by atoms with Gasteiger partial charge < -0.3 is 9.47 Å². The highest BCUT2D eigenvalue weighted by Gasteiger charge is 2.33. The maximum absolute atomic E-state index is 13.6. The van der Waals surface area contributed by atoms with Crippen molar-refractivity contribution in [2.75, 3.05) is 13.7 Å². The first kappa shape index (κ1) is 24.3. The fourth-order valence-electron chi connectivity index (χ4n) is 3.73. The Morgan fingerprint density at radius 2 is 1.94 bits per heavy atom. The smallest absolute Gasteiger partial charge is 0.338 e. The van der Waals surface area contributed by atoms with Crippen molar-refractivity contribution in [2.24, 2.45) is 4.99 Å². The van der Waals surface area contributed by atoms with Crippen LogP contribution in [0.25, 0.3) is 6.08 Å². The maximum Gasteiger partial charge on any atom is 0.338 e. The van der Waals surface area contributed by atoms with Crippen molar-refractivity contribution in [3.63, 3.8) is 0 Å². The SMILES string of the molecule is CCCOc1ccc(C2C(C(=O)OC)=C(C)N=c3sc(=Cc4ccc(Cl)cc4Cl)c(=O)n32)cc1. The van der Waals surface area contributed by atoms with E-state index >= 15 is 0 Å². The maximum atomic E-state index is 13.6. The number of benzene rings is 2. The van der Waals surface area contributed by atoms with Gasteiger partial charge in [-0.15, -0.1) is 0 Å². The monoisotopic (exact) mass is 516 g/mol. The number of ether oxygens (including phenoxy) is 2. The molecule has 1 atom stereocenters. The number of fused-ring (bicyclic) bond motifs is 1. The third-order valence-corrected chi connectivity index (χ3v) is 6.89. The third kappa shape index (κ3) is 4.69. The van der Waals surface area contributed by atoms with Crippen LogP contribution in [0.4, 0.5) is 0 Å². The highest BCUT2D eigenvalue weighted by molar-refractivity contribution is 7.07. The number of hydrogen-bond donors (Lipinski definition) is 0. The molecule has 1 aromatic heterocycles. The van der Waals surface area contributed by atoms with Crippen LogP contribution in [0.5, 0.6) is 5.75 Å². The fourth-order valence-corrected chi connectivity index (χ4v) is 5.23. The number of rotatable bonds is 6. The molecule has 0 saturated carbocycles. The van der Waals surface area contributed by atoms with E-state index < -0.39 is 12.0 Å². The molecular formula is C25H22Cl2N2O4S.